The molecule has 4 N–H and O–H groups in total. The van der Waals surface area contributed by atoms with E-state index in [0.29, 0.717) is 19.6 Å². The first kappa shape index (κ1) is 20.0. The first-order valence-electron chi connectivity index (χ1n) is 5.96. The van der Waals surface area contributed by atoms with Crippen molar-refractivity contribution in [2.45, 2.75) is 13.3 Å². The van der Waals surface area contributed by atoms with Gasteiger partial charge in [0.1, 0.15) is 0 Å². The molecule has 6 nitrogen and oxygen atoms in total. The van der Waals surface area contributed by atoms with E-state index in [0.717, 1.165) is 12.2 Å². The SMILES string of the molecule is CCCSCC(=O)O.OCCN(CCO)CCO. The first-order chi connectivity index (χ1) is 8.62. The van der Waals surface area contributed by atoms with Crippen molar-refractivity contribution in [3.63, 3.8) is 0 Å². The van der Waals surface area contributed by atoms with Crippen LogP contribution in [-0.4, -0.2) is 82.3 Å². The molecule has 0 amide bonds. The molecule has 0 saturated carbocycles. The van der Waals surface area contributed by atoms with Crippen LogP contribution in [0.4, 0.5) is 0 Å². The molecule has 0 aliphatic carbocycles. The summed E-state index contributed by atoms with van der Waals surface area (Å²) >= 11 is 1.46. The third kappa shape index (κ3) is 18.0. The van der Waals surface area contributed by atoms with Crippen LogP contribution in [-0.2, 0) is 4.79 Å². The summed E-state index contributed by atoms with van der Waals surface area (Å²) in [5.41, 5.74) is 0. The molecular weight excluding hydrogens is 258 g/mol. The Bertz CT molecular complexity index is 169. The molecule has 0 aromatic rings. The number of carboxylic acid groups (broad SMARTS) is 1. The van der Waals surface area contributed by atoms with Crippen LogP contribution >= 0.6 is 11.8 Å². The Kier molecular flexibility index (Phi) is 18.5. The molecule has 0 saturated heterocycles. The Morgan fingerprint density at radius 2 is 1.50 bits per heavy atom. The number of aliphatic hydroxyl groups is 3. The van der Waals surface area contributed by atoms with Crippen molar-refractivity contribution in [2.24, 2.45) is 0 Å². The second kappa shape index (κ2) is 16.7. The van der Waals surface area contributed by atoms with Gasteiger partial charge in [-0.15, -0.1) is 0 Å². The van der Waals surface area contributed by atoms with Crippen LogP contribution in [0.1, 0.15) is 13.3 Å². The summed E-state index contributed by atoms with van der Waals surface area (Å²) in [5.74, 6) is 0.476. The highest BCUT2D eigenvalue weighted by Crippen LogP contribution is 1.99. The largest absolute Gasteiger partial charge is 0.481 e. The maximum absolute atomic E-state index is 9.85. The van der Waals surface area contributed by atoms with Gasteiger partial charge in [-0.2, -0.15) is 11.8 Å². The highest BCUT2D eigenvalue weighted by Gasteiger charge is 2.00. The molecule has 0 aromatic heterocycles. The fourth-order valence-electron chi connectivity index (χ4n) is 1.06. The predicted octanol–water partition coefficient (Wildman–Crippen LogP) is -0.520. The van der Waals surface area contributed by atoms with Gasteiger partial charge in [-0.25, -0.2) is 0 Å². The predicted molar refractivity (Wildman–Crippen MR) is 72.9 cm³/mol. The van der Waals surface area contributed by atoms with E-state index in [-0.39, 0.29) is 25.6 Å². The molecule has 7 heteroatoms. The fourth-order valence-corrected chi connectivity index (χ4v) is 1.67. The van der Waals surface area contributed by atoms with Crippen LogP contribution in [0.3, 0.4) is 0 Å². The molecule has 0 bridgehead atoms. The molecule has 0 spiro atoms. The Morgan fingerprint density at radius 3 is 1.78 bits per heavy atom. The zero-order valence-electron chi connectivity index (χ0n) is 10.9. The lowest BCUT2D eigenvalue weighted by Crippen LogP contribution is -2.32. The molecule has 0 aromatic carbocycles. The summed E-state index contributed by atoms with van der Waals surface area (Å²) in [6, 6.07) is 0. The normalized spacial score (nSPS) is 10.1. The number of aliphatic carboxylic acids is 1. The van der Waals surface area contributed by atoms with Crippen LogP contribution in [0, 0.1) is 0 Å². The van der Waals surface area contributed by atoms with Gasteiger partial charge in [-0.1, -0.05) is 6.92 Å². The van der Waals surface area contributed by atoms with E-state index in [1.54, 1.807) is 4.90 Å². The number of hydrogen-bond acceptors (Lipinski definition) is 6. The van der Waals surface area contributed by atoms with E-state index in [1.807, 2.05) is 6.92 Å². The molecule has 0 radical (unpaired) electrons. The Labute approximate surface area is 113 Å². The lowest BCUT2D eigenvalue weighted by atomic mass is 10.4. The number of rotatable bonds is 10. The second-order valence-electron chi connectivity index (χ2n) is 3.46. The van der Waals surface area contributed by atoms with Gasteiger partial charge in [0.15, 0.2) is 0 Å². The summed E-state index contributed by atoms with van der Waals surface area (Å²) in [5, 5.41) is 33.6. The van der Waals surface area contributed by atoms with E-state index in [1.165, 1.54) is 11.8 Å². The molecule has 0 aliphatic heterocycles. The van der Waals surface area contributed by atoms with Gasteiger partial charge in [0.05, 0.1) is 25.6 Å². The van der Waals surface area contributed by atoms with Crippen molar-refractivity contribution in [1.82, 2.24) is 4.90 Å². The van der Waals surface area contributed by atoms with Gasteiger partial charge in [-0.05, 0) is 12.2 Å². The average Bonchev–Trinajstić information content (AvgIpc) is 2.31. The van der Waals surface area contributed by atoms with E-state index < -0.39 is 5.97 Å². The van der Waals surface area contributed by atoms with E-state index >= 15 is 0 Å². The van der Waals surface area contributed by atoms with Gasteiger partial charge in [0, 0.05) is 19.6 Å². The van der Waals surface area contributed by atoms with Crippen molar-refractivity contribution in [3.8, 4) is 0 Å². The molecular formula is C11H25NO5S. The van der Waals surface area contributed by atoms with Crippen molar-refractivity contribution in [3.05, 3.63) is 0 Å². The Balaban J connectivity index is 0. The van der Waals surface area contributed by atoms with Gasteiger partial charge < -0.3 is 20.4 Å². The third-order valence-corrected chi connectivity index (χ3v) is 2.97. The standard InChI is InChI=1S/C6H15NO3.C5H10O2S/c8-4-1-7(2-5-9)3-6-10;1-2-3-8-4-5(6)7/h8-10H,1-6H2;2-4H2,1H3,(H,6,7). The number of thioether (sulfide) groups is 1. The smallest absolute Gasteiger partial charge is 0.313 e. The van der Waals surface area contributed by atoms with Gasteiger partial charge >= 0.3 is 5.97 Å². The highest BCUT2D eigenvalue weighted by atomic mass is 32.2. The van der Waals surface area contributed by atoms with Crippen molar-refractivity contribution < 1.29 is 25.2 Å². The van der Waals surface area contributed by atoms with Gasteiger partial charge in [-0.3, -0.25) is 9.69 Å². The number of carboxylic acids is 1. The topological polar surface area (TPSA) is 101 Å². The van der Waals surface area contributed by atoms with E-state index in [4.69, 9.17) is 20.4 Å². The summed E-state index contributed by atoms with van der Waals surface area (Å²) in [4.78, 5) is 11.6. The Hall–Kier alpha value is -0.340. The molecule has 0 aliphatic rings. The van der Waals surface area contributed by atoms with E-state index in [2.05, 4.69) is 0 Å². The quantitative estimate of drug-likeness (QED) is 0.400. The van der Waals surface area contributed by atoms with Gasteiger partial charge in [0.25, 0.3) is 0 Å². The molecule has 110 valence electrons. The van der Waals surface area contributed by atoms with Crippen LogP contribution in [0.15, 0.2) is 0 Å². The van der Waals surface area contributed by atoms with Crippen LogP contribution in [0.2, 0.25) is 0 Å². The molecule has 0 rings (SSSR count). The summed E-state index contributed by atoms with van der Waals surface area (Å²) in [6.07, 6.45) is 1.05. The maximum atomic E-state index is 9.85. The minimum absolute atomic E-state index is 0.0694. The van der Waals surface area contributed by atoms with Gasteiger partial charge in [0.2, 0.25) is 0 Å². The number of nitrogens with zero attached hydrogens (tertiary/aromatic N) is 1. The number of hydrogen-bond donors (Lipinski definition) is 4. The molecule has 18 heavy (non-hydrogen) atoms. The fraction of sp³-hybridized carbons (Fsp3) is 0.909. The molecule has 0 unspecified atom stereocenters. The first-order valence-corrected chi connectivity index (χ1v) is 7.12. The Morgan fingerprint density at radius 1 is 1.06 bits per heavy atom. The highest BCUT2D eigenvalue weighted by molar-refractivity contribution is 7.99. The lowest BCUT2D eigenvalue weighted by Gasteiger charge is -2.17. The van der Waals surface area contributed by atoms with Crippen LogP contribution in [0.5, 0.6) is 0 Å². The average molecular weight is 283 g/mol. The molecule has 0 fully saturated rings. The lowest BCUT2D eigenvalue weighted by molar-refractivity contribution is -0.133. The molecule has 0 heterocycles. The summed E-state index contributed by atoms with van der Waals surface area (Å²) < 4.78 is 0. The second-order valence-corrected chi connectivity index (χ2v) is 4.56. The monoisotopic (exact) mass is 283 g/mol. The summed E-state index contributed by atoms with van der Waals surface area (Å²) in [6.45, 7) is 3.79. The summed E-state index contributed by atoms with van der Waals surface area (Å²) in [7, 11) is 0. The van der Waals surface area contributed by atoms with Crippen molar-refractivity contribution in [1.29, 1.82) is 0 Å². The van der Waals surface area contributed by atoms with Crippen molar-refractivity contribution >= 4 is 17.7 Å². The zero-order valence-corrected chi connectivity index (χ0v) is 11.7. The zero-order chi connectivity index (χ0) is 14.2. The number of carbonyl (C=O) groups is 1. The van der Waals surface area contributed by atoms with Crippen LogP contribution < -0.4 is 0 Å². The van der Waals surface area contributed by atoms with E-state index in [9.17, 15) is 4.79 Å². The minimum Gasteiger partial charge on any atom is -0.481 e. The maximum Gasteiger partial charge on any atom is 0.313 e. The third-order valence-electron chi connectivity index (χ3n) is 1.82. The molecule has 0 atom stereocenters. The van der Waals surface area contributed by atoms with Crippen LogP contribution in [0.25, 0.3) is 0 Å². The minimum atomic E-state index is -0.719. The van der Waals surface area contributed by atoms with Crippen molar-refractivity contribution in [2.75, 3.05) is 51.0 Å². The number of aliphatic hydroxyl groups excluding tert-OH is 3.